The van der Waals surface area contributed by atoms with Crippen LogP contribution in [0, 0.1) is 0 Å². The highest BCUT2D eigenvalue weighted by atomic mass is 16.5. The van der Waals surface area contributed by atoms with Gasteiger partial charge >= 0.3 is 0 Å². The summed E-state index contributed by atoms with van der Waals surface area (Å²) in [5.74, 6) is 3.56. The second-order valence-corrected chi connectivity index (χ2v) is 7.38. The van der Waals surface area contributed by atoms with Crippen molar-refractivity contribution >= 4 is 5.96 Å². The molecule has 1 fully saturated rings. The smallest absolute Gasteiger partial charge is 0.203 e. The third kappa shape index (κ3) is 5.85. The standard InChI is InChI=1S/C23H34N4O4/c1-5-24-23(25-15-17-13-20(28-2)22(30-4)21(14-17)29-3)26-16-18(19-9-8-12-31-19)27-10-6-7-11-27/h8-9,12-14,18H,5-7,10-11,15-16H2,1-4H3,(H2,24,25,26). The van der Waals surface area contributed by atoms with Crippen LogP contribution in [0.5, 0.6) is 17.2 Å². The SMILES string of the molecule is CCNC(=NCc1cc(OC)c(OC)c(OC)c1)NCC(c1ccco1)N1CCCC1. The Morgan fingerprint density at radius 1 is 1.10 bits per heavy atom. The Hall–Kier alpha value is -2.87. The molecule has 3 rings (SSSR count). The molecule has 1 unspecified atom stereocenters. The van der Waals surface area contributed by atoms with E-state index < -0.39 is 0 Å². The maximum atomic E-state index is 5.72. The lowest BCUT2D eigenvalue weighted by Crippen LogP contribution is -2.42. The summed E-state index contributed by atoms with van der Waals surface area (Å²) in [5.41, 5.74) is 0.967. The van der Waals surface area contributed by atoms with Crippen LogP contribution in [0.4, 0.5) is 0 Å². The molecule has 1 atom stereocenters. The normalized spacial score (nSPS) is 15.5. The minimum Gasteiger partial charge on any atom is -0.493 e. The first-order valence-corrected chi connectivity index (χ1v) is 10.8. The Kier molecular flexibility index (Phi) is 8.46. The van der Waals surface area contributed by atoms with Crippen molar-refractivity contribution in [1.29, 1.82) is 0 Å². The molecule has 2 heterocycles. The van der Waals surface area contributed by atoms with Crippen molar-refractivity contribution in [3.05, 3.63) is 41.9 Å². The van der Waals surface area contributed by atoms with Crippen molar-refractivity contribution in [1.82, 2.24) is 15.5 Å². The van der Waals surface area contributed by atoms with E-state index in [0.717, 1.165) is 36.9 Å². The molecular formula is C23H34N4O4. The number of benzene rings is 1. The van der Waals surface area contributed by atoms with Gasteiger partial charge < -0.3 is 29.3 Å². The summed E-state index contributed by atoms with van der Waals surface area (Å²) in [6, 6.07) is 8.02. The van der Waals surface area contributed by atoms with Crippen molar-refractivity contribution < 1.29 is 18.6 Å². The Morgan fingerprint density at radius 3 is 2.35 bits per heavy atom. The largest absolute Gasteiger partial charge is 0.493 e. The van der Waals surface area contributed by atoms with Crippen LogP contribution in [0.25, 0.3) is 0 Å². The minimum atomic E-state index is 0.183. The summed E-state index contributed by atoms with van der Waals surface area (Å²) >= 11 is 0. The number of guanidine groups is 1. The monoisotopic (exact) mass is 430 g/mol. The van der Waals surface area contributed by atoms with Gasteiger partial charge in [0.25, 0.3) is 0 Å². The zero-order chi connectivity index (χ0) is 22.1. The Balaban J connectivity index is 1.72. The van der Waals surface area contributed by atoms with Crippen LogP contribution in [0.3, 0.4) is 0 Å². The van der Waals surface area contributed by atoms with Crippen LogP contribution in [-0.2, 0) is 6.54 Å². The molecule has 8 heteroatoms. The van der Waals surface area contributed by atoms with E-state index >= 15 is 0 Å². The fourth-order valence-corrected chi connectivity index (χ4v) is 3.88. The highest BCUT2D eigenvalue weighted by Gasteiger charge is 2.25. The minimum absolute atomic E-state index is 0.183. The van der Waals surface area contributed by atoms with Gasteiger partial charge in [-0.2, -0.15) is 0 Å². The van der Waals surface area contributed by atoms with E-state index in [4.69, 9.17) is 23.6 Å². The van der Waals surface area contributed by atoms with Crippen LogP contribution in [0.15, 0.2) is 39.9 Å². The Morgan fingerprint density at radius 2 is 1.81 bits per heavy atom. The van der Waals surface area contributed by atoms with E-state index in [1.807, 2.05) is 24.3 Å². The van der Waals surface area contributed by atoms with E-state index in [2.05, 4.69) is 22.5 Å². The van der Waals surface area contributed by atoms with Crippen LogP contribution in [0.2, 0.25) is 0 Å². The van der Waals surface area contributed by atoms with Gasteiger partial charge in [-0.15, -0.1) is 0 Å². The third-order valence-corrected chi connectivity index (χ3v) is 5.40. The van der Waals surface area contributed by atoms with Crippen molar-refractivity contribution in [3.8, 4) is 17.2 Å². The molecule has 2 aromatic rings. The van der Waals surface area contributed by atoms with Gasteiger partial charge in [0, 0.05) is 13.1 Å². The molecule has 1 aromatic carbocycles. The van der Waals surface area contributed by atoms with Gasteiger partial charge in [0.15, 0.2) is 17.5 Å². The predicted octanol–water partition coefficient (Wildman–Crippen LogP) is 3.20. The predicted molar refractivity (Wildman–Crippen MR) is 121 cm³/mol. The maximum Gasteiger partial charge on any atom is 0.203 e. The summed E-state index contributed by atoms with van der Waals surface area (Å²) in [4.78, 5) is 7.23. The quantitative estimate of drug-likeness (QED) is 0.443. The number of methoxy groups -OCH3 is 3. The van der Waals surface area contributed by atoms with Gasteiger partial charge in [-0.1, -0.05) is 0 Å². The molecule has 2 N–H and O–H groups in total. The van der Waals surface area contributed by atoms with Crippen molar-refractivity contribution in [2.75, 3.05) is 47.5 Å². The summed E-state index contributed by atoms with van der Waals surface area (Å²) in [6.45, 7) is 6.20. The number of rotatable bonds is 10. The molecule has 0 aliphatic carbocycles. The zero-order valence-corrected chi connectivity index (χ0v) is 18.9. The number of nitrogens with one attached hydrogen (secondary N) is 2. The van der Waals surface area contributed by atoms with Gasteiger partial charge in [0.1, 0.15) is 5.76 Å². The van der Waals surface area contributed by atoms with Crippen LogP contribution in [-0.4, -0.2) is 58.4 Å². The van der Waals surface area contributed by atoms with Crippen LogP contribution < -0.4 is 24.8 Å². The summed E-state index contributed by atoms with van der Waals surface area (Å²) in [5, 5.41) is 6.81. The van der Waals surface area contributed by atoms with Gasteiger partial charge in [-0.3, -0.25) is 4.90 Å². The average Bonchev–Trinajstić information content (AvgIpc) is 3.51. The molecule has 1 saturated heterocycles. The highest BCUT2D eigenvalue weighted by molar-refractivity contribution is 5.79. The van der Waals surface area contributed by atoms with E-state index in [0.29, 0.717) is 30.3 Å². The number of hydrogen-bond acceptors (Lipinski definition) is 6. The molecule has 0 saturated carbocycles. The van der Waals surface area contributed by atoms with Crippen LogP contribution in [0.1, 0.15) is 37.1 Å². The molecule has 0 spiro atoms. The van der Waals surface area contributed by atoms with E-state index in [-0.39, 0.29) is 6.04 Å². The molecule has 8 nitrogen and oxygen atoms in total. The Labute approximate surface area is 184 Å². The summed E-state index contributed by atoms with van der Waals surface area (Å²) in [6.07, 6.45) is 4.20. The molecule has 31 heavy (non-hydrogen) atoms. The molecule has 0 bridgehead atoms. The molecule has 1 aliphatic rings. The fourth-order valence-electron chi connectivity index (χ4n) is 3.88. The van der Waals surface area contributed by atoms with Crippen molar-refractivity contribution in [2.24, 2.45) is 4.99 Å². The van der Waals surface area contributed by atoms with E-state index in [1.165, 1.54) is 12.8 Å². The van der Waals surface area contributed by atoms with Crippen LogP contribution >= 0.6 is 0 Å². The maximum absolute atomic E-state index is 5.72. The second-order valence-electron chi connectivity index (χ2n) is 7.38. The number of likely N-dealkylation sites (tertiary alicyclic amines) is 1. The number of furan rings is 1. The Bertz CT molecular complexity index is 807. The van der Waals surface area contributed by atoms with Gasteiger partial charge in [-0.25, -0.2) is 4.99 Å². The average molecular weight is 431 g/mol. The number of hydrogen-bond donors (Lipinski definition) is 2. The van der Waals surface area contributed by atoms with Gasteiger partial charge in [0.05, 0.1) is 40.2 Å². The van der Waals surface area contributed by atoms with E-state index in [9.17, 15) is 0 Å². The number of nitrogens with zero attached hydrogens (tertiary/aromatic N) is 2. The number of aliphatic imine (C=N–C) groups is 1. The summed E-state index contributed by atoms with van der Waals surface area (Å²) in [7, 11) is 4.83. The first kappa shape index (κ1) is 22.8. The van der Waals surface area contributed by atoms with Gasteiger partial charge in [-0.05, 0) is 62.7 Å². The van der Waals surface area contributed by atoms with E-state index in [1.54, 1.807) is 27.6 Å². The molecule has 0 amide bonds. The molecular weight excluding hydrogens is 396 g/mol. The van der Waals surface area contributed by atoms with Crippen molar-refractivity contribution in [2.45, 2.75) is 32.4 Å². The van der Waals surface area contributed by atoms with Crippen molar-refractivity contribution in [3.63, 3.8) is 0 Å². The molecule has 170 valence electrons. The van der Waals surface area contributed by atoms with Gasteiger partial charge in [0.2, 0.25) is 5.75 Å². The molecule has 1 aromatic heterocycles. The summed E-state index contributed by atoms with van der Waals surface area (Å²) < 4.78 is 22.0. The number of ether oxygens (including phenoxy) is 3. The second kappa shape index (κ2) is 11.5. The first-order valence-electron chi connectivity index (χ1n) is 10.8. The fraction of sp³-hybridized carbons (Fsp3) is 0.522. The highest BCUT2D eigenvalue weighted by Crippen LogP contribution is 2.38. The topological polar surface area (TPSA) is 80.5 Å². The molecule has 0 radical (unpaired) electrons. The first-order chi connectivity index (χ1) is 15.2. The lowest BCUT2D eigenvalue weighted by Gasteiger charge is -2.26. The lowest BCUT2D eigenvalue weighted by atomic mass is 10.2. The lowest BCUT2D eigenvalue weighted by molar-refractivity contribution is 0.215. The molecule has 1 aliphatic heterocycles. The zero-order valence-electron chi connectivity index (χ0n) is 18.9. The third-order valence-electron chi connectivity index (χ3n) is 5.40.